The van der Waals surface area contributed by atoms with Crippen LogP contribution in [0.15, 0.2) is 18.2 Å². The third-order valence-electron chi connectivity index (χ3n) is 1.99. The number of phenolic OH excluding ortho intramolecular Hbond substituents is 1. The molecule has 0 atom stereocenters. The zero-order chi connectivity index (χ0) is 13.5. The van der Waals surface area contributed by atoms with Gasteiger partial charge in [-0.05, 0) is 25.1 Å². The van der Waals surface area contributed by atoms with Crippen molar-refractivity contribution in [1.29, 1.82) is 0 Å². The van der Waals surface area contributed by atoms with Gasteiger partial charge in [-0.2, -0.15) is 0 Å². The summed E-state index contributed by atoms with van der Waals surface area (Å²) in [7, 11) is 1.21. The smallest absolute Gasteiger partial charge is 0.384 e. The molecule has 0 unspecified atom stereocenters. The number of carbonyl (C=O) groups is 2. The molecular weight excluding hydrogens is 236 g/mol. The molecule has 0 aliphatic carbocycles. The maximum absolute atomic E-state index is 11.3. The molecule has 0 fully saturated rings. The molecule has 1 rings (SSSR count). The molecule has 94 valence electrons. The molecule has 0 saturated heterocycles. The second-order valence-corrected chi connectivity index (χ2v) is 3.19. The maximum atomic E-state index is 11.3. The summed E-state index contributed by atoms with van der Waals surface area (Å²) in [6.07, 6.45) is 0. The average Bonchev–Trinajstić information content (AvgIpc) is 2.37. The summed E-state index contributed by atoms with van der Waals surface area (Å²) in [4.78, 5) is 22.3. The van der Waals surface area contributed by atoms with E-state index in [9.17, 15) is 14.7 Å². The van der Waals surface area contributed by atoms with Crippen LogP contribution < -0.4 is 0 Å². The van der Waals surface area contributed by atoms with Crippen molar-refractivity contribution in [2.24, 2.45) is 0 Å². The Morgan fingerprint density at radius 3 is 2.72 bits per heavy atom. The minimum Gasteiger partial charge on any atom is -0.507 e. The van der Waals surface area contributed by atoms with Gasteiger partial charge < -0.3 is 14.6 Å². The Morgan fingerprint density at radius 1 is 1.39 bits per heavy atom. The van der Waals surface area contributed by atoms with Crippen LogP contribution in [0.3, 0.4) is 0 Å². The zero-order valence-electron chi connectivity index (χ0n) is 10.0. The Kier molecular flexibility index (Phi) is 4.76. The van der Waals surface area contributed by atoms with Gasteiger partial charge in [-0.25, -0.2) is 9.59 Å². The van der Waals surface area contributed by atoms with Gasteiger partial charge in [0.05, 0.1) is 13.7 Å². The quantitative estimate of drug-likeness (QED) is 0.626. The van der Waals surface area contributed by atoms with Crippen LogP contribution in [-0.2, 0) is 14.3 Å². The first-order valence-electron chi connectivity index (χ1n) is 5.18. The number of hydrogen-bond donors (Lipinski definition) is 1. The number of hydrogen-bond acceptors (Lipinski definition) is 5. The van der Waals surface area contributed by atoms with Crippen molar-refractivity contribution in [3.8, 4) is 17.6 Å². The molecule has 0 aromatic heterocycles. The number of rotatable bonds is 2. The number of aromatic hydroxyl groups is 1. The first-order chi connectivity index (χ1) is 8.58. The Morgan fingerprint density at radius 2 is 2.11 bits per heavy atom. The number of carbonyl (C=O) groups excluding carboxylic acids is 2. The van der Waals surface area contributed by atoms with Gasteiger partial charge in [0.2, 0.25) is 0 Å². The largest absolute Gasteiger partial charge is 0.507 e. The fourth-order valence-electron chi connectivity index (χ4n) is 1.18. The fraction of sp³-hybridized carbons (Fsp3) is 0.231. The van der Waals surface area contributed by atoms with E-state index in [0.29, 0.717) is 5.56 Å². The van der Waals surface area contributed by atoms with Gasteiger partial charge >= 0.3 is 11.9 Å². The van der Waals surface area contributed by atoms with E-state index in [1.165, 1.54) is 25.3 Å². The first-order valence-corrected chi connectivity index (χ1v) is 5.18. The monoisotopic (exact) mass is 248 g/mol. The molecule has 1 N–H and O–H groups in total. The van der Waals surface area contributed by atoms with Gasteiger partial charge in [-0.1, -0.05) is 5.92 Å². The number of ether oxygens (including phenoxy) is 2. The van der Waals surface area contributed by atoms with Gasteiger partial charge in [0.15, 0.2) is 0 Å². The molecule has 18 heavy (non-hydrogen) atoms. The SMILES string of the molecule is CCOC(=O)C#Cc1ccc(O)c(C(=O)OC)c1. The van der Waals surface area contributed by atoms with Crippen molar-refractivity contribution in [3.05, 3.63) is 29.3 Å². The topological polar surface area (TPSA) is 72.8 Å². The fourth-order valence-corrected chi connectivity index (χ4v) is 1.18. The Balaban J connectivity index is 2.98. The lowest BCUT2D eigenvalue weighted by atomic mass is 10.1. The van der Waals surface area contributed by atoms with Crippen molar-refractivity contribution in [2.45, 2.75) is 6.92 Å². The summed E-state index contributed by atoms with van der Waals surface area (Å²) < 4.78 is 9.13. The van der Waals surface area contributed by atoms with Gasteiger partial charge in [-0.15, -0.1) is 0 Å². The lowest BCUT2D eigenvalue weighted by Gasteiger charge is -2.02. The van der Waals surface area contributed by atoms with Crippen LogP contribution in [0.1, 0.15) is 22.8 Å². The van der Waals surface area contributed by atoms with Crippen molar-refractivity contribution >= 4 is 11.9 Å². The molecule has 0 saturated carbocycles. The lowest BCUT2D eigenvalue weighted by molar-refractivity contribution is -0.136. The van der Waals surface area contributed by atoms with Crippen molar-refractivity contribution < 1.29 is 24.2 Å². The molecular formula is C13H12O5. The molecule has 5 nitrogen and oxygen atoms in total. The van der Waals surface area contributed by atoms with Crippen LogP contribution in [0.5, 0.6) is 5.75 Å². The van der Waals surface area contributed by atoms with E-state index < -0.39 is 11.9 Å². The number of methoxy groups -OCH3 is 1. The molecule has 1 aromatic rings. The number of esters is 2. The number of phenols is 1. The van der Waals surface area contributed by atoms with Gasteiger partial charge in [-0.3, -0.25) is 0 Å². The van der Waals surface area contributed by atoms with Gasteiger partial charge in [0, 0.05) is 11.5 Å². The summed E-state index contributed by atoms with van der Waals surface area (Å²) in [6, 6.07) is 4.13. The molecule has 0 heterocycles. The van der Waals surface area contributed by atoms with E-state index in [0.717, 1.165) is 0 Å². The van der Waals surface area contributed by atoms with E-state index >= 15 is 0 Å². The predicted octanol–water partition coefficient (Wildman–Crippen LogP) is 1.09. The second kappa shape index (κ2) is 6.30. The second-order valence-electron chi connectivity index (χ2n) is 3.19. The van der Waals surface area contributed by atoms with Gasteiger partial charge in [0.25, 0.3) is 0 Å². The normalized spacial score (nSPS) is 9.00. The van der Waals surface area contributed by atoms with E-state index in [-0.39, 0.29) is 17.9 Å². The minimum absolute atomic E-state index is 0.00633. The van der Waals surface area contributed by atoms with E-state index in [1.807, 2.05) is 0 Å². The van der Waals surface area contributed by atoms with Crippen LogP contribution >= 0.6 is 0 Å². The minimum atomic E-state index is -0.674. The average molecular weight is 248 g/mol. The third-order valence-corrected chi connectivity index (χ3v) is 1.99. The summed E-state index contributed by atoms with van der Waals surface area (Å²) >= 11 is 0. The van der Waals surface area contributed by atoms with Crippen LogP contribution in [0.4, 0.5) is 0 Å². The molecule has 0 radical (unpaired) electrons. The van der Waals surface area contributed by atoms with Crippen LogP contribution in [0, 0.1) is 11.8 Å². The Labute approximate surface area is 104 Å². The van der Waals surface area contributed by atoms with Crippen molar-refractivity contribution in [1.82, 2.24) is 0 Å². The molecule has 0 bridgehead atoms. The highest BCUT2D eigenvalue weighted by Crippen LogP contribution is 2.18. The lowest BCUT2D eigenvalue weighted by Crippen LogP contribution is -2.02. The molecule has 1 aromatic carbocycles. The molecule has 0 aliphatic rings. The summed E-state index contributed by atoms with van der Waals surface area (Å²) in [6.45, 7) is 1.92. The standard InChI is InChI=1S/C13H12O5/c1-3-18-12(15)7-5-9-4-6-11(14)10(8-9)13(16)17-2/h4,6,8,14H,3H2,1-2H3. The molecule has 0 spiro atoms. The highest BCUT2D eigenvalue weighted by Gasteiger charge is 2.11. The molecule has 0 aliphatic heterocycles. The third kappa shape index (κ3) is 3.52. The van der Waals surface area contributed by atoms with Crippen molar-refractivity contribution in [2.75, 3.05) is 13.7 Å². The first kappa shape index (κ1) is 13.6. The molecule has 5 heteroatoms. The van der Waals surface area contributed by atoms with E-state index in [4.69, 9.17) is 0 Å². The predicted molar refractivity (Wildman–Crippen MR) is 63.0 cm³/mol. The van der Waals surface area contributed by atoms with E-state index in [2.05, 4.69) is 21.3 Å². The Bertz CT molecular complexity index is 522. The highest BCUT2D eigenvalue weighted by atomic mass is 16.5. The molecule has 0 amide bonds. The number of benzene rings is 1. The highest BCUT2D eigenvalue weighted by molar-refractivity contribution is 5.93. The summed E-state index contributed by atoms with van der Waals surface area (Å²) in [5.74, 6) is 3.26. The van der Waals surface area contributed by atoms with Crippen LogP contribution in [-0.4, -0.2) is 30.8 Å². The summed E-state index contributed by atoms with van der Waals surface area (Å²) in [5, 5.41) is 9.46. The van der Waals surface area contributed by atoms with Gasteiger partial charge in [0.1, 0.15) is 11.3 Å². The van der Waals surface area contributed by atoms with Crippen LogP contribution in [0.25, 0.3) is 0 Å². The summed E-state index contributed by atoms with van der Waals surface area (Å²) in [5.41, 5.74) is 0.398. The van der Waals surface area contributed by atoms with Crippen LogP contribution in [0.2, 0.25) is 0 Å². The zero-order valence-corrected chi connectivity index (χ0v) is 10.0. The van der Waals surface area contributed by atoms with Crippen molar-refractivity contribution in [3.63, 3.8) is 0 Å². The Hall–Kier alpha value is -2.48. The van der Waals surface area contributed by atoms with E-state index in [1.54, 1.807) is 6.92 Å². The maximum Gasteiger partial charge on any atom is 0.384 e.